The van der Waals surface area contributed by atoms with Crippen LogP contribution in [0.3, 0.4) is 0 Å². The van der Waals surface area contributed by atoms with E-state index in [1.165, 1.54) is 18.5 Å². The maximum Gasteiger partial charge on any atom is 0.256 e. The second-order valence-electron chi connectivity index (χ2n) is 8.92. The number of hydrogen-bond donors (Lipinski definition) is 1. The van der Waals surface area contributed by atoms with Crippen molar-refractivity contribution < 1.29 is 14.0 Å². The molecule has 3 aromatic rings. The van der Waals surface area contributed by atoms with E-state index in [-0.39, 0.29) is 17.4 Å². The number of hydrogen-bond acceptors (Lipinski definition) is 7. The summed E-state index contributed by atoms with van der Waals surface area (Å²) >= 11 is 0. The maximum atomic E-state index is 15.3. The van der Waals surface area contributed by atoms with Gasteiger partial charge in [-0.2, -0.15) is 0 Å². The molecule has 2 amide bonds. The third kappa shape index (κ3) is 5.33. The molecule has 4 rings (SSSR count). The minimum Gasteiger partial charge on any atom is -0.384 e. The minimum atomic E-state index is -0.610. The highest BCUT2D eigenvalue weighted by Crippen LogP contribution is 2.33. The van der Waals surface area contributed by atoms with Crippen LogP contribution in [0.15, 0.2) is 42.9 Å². The first-order chi connectivity index (χ1) is 17.3. The number of carbonyl (C=O) groups excluding carboxylic acids is 2. The van der Waals surface area contributed by atoms with Crippen molar-refractivity contribution in [2.45, 2.75) is 13.3 Å². The van der Waals surface area contributed by atoms with Crippen molar-refractivity contribution in [2.75, 3.05) is 52.6 Å². The lowest BCUT2D eigenvalue weighted by Crippen LogP contribution is -2.51. The Hall–Kier alpha value is -3.92. The molecule has 36 heavy (non-hydrogen) atoms. The lowest BCUT2D eigenvalue weighted by molar-refractivity contribution is -0.130. The molecule has 2 N–H and O–H groups in total. The van der Waals surface area contributed by atoms with Gasteiger partial charge in [-0.25, -0.2) is 19.3 Å². The number of aryl methyl sites for hydroxylation is 1. The van der Waals surface area contributed by atoms with Gasteiger partial charge in [0, 0.05) is 63.2 Å². The second-order valence-corrected chi connectivity index (χ2v) is 8.92. The zero-order valence-electron chi connectivity index (χ0n) is 20.7. The number of halogens is 1. The van der Waals surface area contributed by atoms with Crippen molar-refractivity contribution in [1.29, 1.82) is 0 Å². The van der Waals surface area contributed by atoms with Crippen LogP contribution >= 0.6 is 0 Å². The van der Waals surface area contributed by atoms with Crippen LogP contribution in [0, 0.1) is 5.82 Å². The molecule has 0 spiro atoms. The van der Waals surface area contributed by atoms with Crippen molar-refractivity contribution in [3.63, 3.8) is 0 Å². The Morgan fingerprint density at radius 1 is 1.03 bits per heavy atom. The molecule has 0 atom stereocenters. The average Bonchev–Trinajstić information content (AvgIpc) is 2.88. The van der Waals surface area contributed by atoms with Crippen LogP contribution < -0.4 is 5.73 Å². The third-order valence-electron chi connectivity index (χ3n) is 6.33. The van der Waals surface area contributed by atoms with Crippen LogP contribution in [-0.2, 0) is 11.2 Å². The number of benzene rings is 1. The first kappa shape index (κ1) is 25.2. The molecule has 0 unspecified atom stereocenters. The number of aromatic nitrogens is 3. The van der Waals surface area contributed by atoms with Crippen LogP contribution in [0.2, 0.25) is 0 Å². The van der Waals surface area contributed by atoms with Gasteiger partial charge < -0.3 is 15.5 Å². The summed E-state index contributed by atoms with van der Waals surface area (Å²) in [5, 5.41) is 0. The van der Waals surface area contributed by atoms with Crippen molar-refractivity contribution in [1.82, 2.24) is 29.7 Å². The van der Waals surface area contributed by atoms with Gasteiger partial charge in [-0.3, -0.25) is 14.5 Å². The lowest BCUT2D eigenvalue weighted by Gasteiger charge is -2.34. The fourth-order valence-corrected chi connectivity index (χ4v) is 4.21. The molecule has 1 fully saturated rings. The van der Waals surface area contributed by atoms with Gasteiger partial charge in [0.2, 0.25) is 5.91 Å². The average molecular weight is 492 g/mol. The fourth-order valence-electron chi connectivity index (χ4n) is 4.21. The van der Waals surface area contributed by atoms with Gasteiger partial charge in [0.15, 0.2) is 0 Å². The monoisotopic (exact) mass is 491 g/mol. The molecule has 1 aliphatic heterocycles. The number of likely N-dealkylation sites (N-methyl/N-ethyl adjacent to an activating group) is 1. The SMILES string of the molecule is CCc1ncnc(-c2ccc(C(=O)N3CCN(CC(=O)N(C)C)CC3)c(F)c2)c1-c1ccc(N)nc1. The molecule has 0 saturated carbocycles. The number of nitrogens with two attached hydrogens (primary N) is 1. The van der Waals surface area contributed by atoms with E-state index in [4.69, 9.17) is 5.73 Å². The Balaban J connectivity index is 1.56. The molecule has 1 saturated heterocycles. The summed E-state index contributed by atoms with van der Waals surface area (Å²) in [6.45, 7) is 4.28. The van der Waals surface area contributed by atoms with E-state index >= 15 is 4.39 Å². The van der Waals surface area contributed by atoms with E-state index in [2.05, 4.69) is 15.0 Å². The Kier molecular flexibility index (Phi) is 7.54. The molecular weight excluding hydrogens is 461 g/mol. The van der Waals surface area contributed by atoms with Gasteiger partial charge in [-0.15, -0.1) is 0 Å². The van der Waals surface area contributed by atoms with Crippen LogP contribution in [-0.4, -0.2) is 88.3 Å². The lowest BCUT2D eigenvalue weighted by atomic mass is 9.96. The Labute approximate surface area is 209 Å². The Morgan fingerprint density at radius 2 is 1.75 bits per heavy atom. The van der Waals surface area contributed by atoms with Crippen LogP contribution in [0.1, 0.15) is 23.0 Å². The molecule has 0 radical (unpaired) electrons. The Morgan fingerprint density at radius 3 is 2.36 bits per heavy atom. The van der Waals surface area contributed by atoms with Crippen molar-refractivity contribution in [3.05, 3.63) is 59.9 Å². The van der Waals surface area contributed by atoms with Gasteiger partial charge in [-0.05, 0) is 30.7 Å². The zero-order valence-corrected chi connectivity index (χ0v) is 20.7. The molecule has 2 aromatic heterocycles. The van der Waals surface area contributed by atoms with Crippen molar-refractivity contribution in [2.24, 2.45) is 0 Å². The van der Waals surface area contributed by atoms with E-state index in [1.54, 1.807) is 42.2 Å². The highest BCUT2D eigenvalue weighted by Gasteiger charge is 2.26. The summed E-state index contributed by atoms with van der Waals surface area (Å²) in [6.07, 6.45) is 3.76. The first-order valence-electron chi connectivity index (χ1n) is 11.9. The van der Waals surface area contributed by atoms with E-state index < -0.39 is 5.82 Å². The zero-order chi connectivity index (χ0) is 25.8. The molecular formula is C26H30FN7O2. The van der Waals surface area contributed by atoms with Crippen molar-refractivity contribution in [3.8, 4) is 22.4 Å². The van der Waals surface area contributed by atoms with Gasteiger partial charge in [0.1, 0.15) is 18.0 Å². The van der Waals surface area contributed by atoms with E-state index in [9.17, 15) is 9.59 Å². The molecule has 3 heterocycles. The number of pyridine rings is 1. The number of anilines is 1. The molecule has 1 aliphatic rings. The Bertz CT molecular complexity index is 1260. The number of nitrogens with zero attached hydrogens (tertiary/aromatic N) is 6. The van der Waals surface area contributed by atoms with E-state index in [1.807, 2.05) is 17.9 Å². The number of carbonyl (C=O) groups is 2. The molecule has 9 nitrogen and oxygen atoms in total. The summed E-state index contributed by atoms with van der Waals surface area (Å²) in [5.41, 5.74) is 9.20. The molecule has 0 aliphatic carbocycles. The molecule has 0 bridgehead atoms. The fraction of sp³-hybridized carbons (Fsp3) is 0.346. The smallest absolute Gasteiger partial charge is 0.256 e. The maximum absolute atomic E-state index is 15.3. The number of nitrogen functional groups attached to an aromatic ring is 1. The second kappa shape index (κ2) is 10.8. The van der Waals surface area contributed by atoms with E-state index in [0.717, 1.165) is 16.8 Å². The number of amides is 2. The van der Waals surface area contributed by atoms with Gasteiger partial charge in [-0.1, -0.05) is 13.0 Å². The predicted octanol–water partition coefficient (Wildman–Crippen LogP) is 2.34. The summed E-state index contributed by atoms with van der Waals surface area (Å²) in [7, 11) is 3.43. The molecule has 1 aromatic carbocycles. The summed E-state index contributed by atoms with van der Waals surface area (Å²) in [4.78, 5) is 43.2. The van der Waals surface area contributed by atoms with Crippen LogP contribution in [0.25, 0.3) is 22.4 Å². The summed E-state index contributed by atoms with van der Waals surface area (Å²) < 4.78 is 15.3. The quantitative estimate of drug-likeness (QED) is 0.564. The number of rotatable bonds is 6. The van der Waals surface area contributed by atoms with Crippen LogP contribution in [0.5, 0.6) is 0 Å². The first-order valence-corrected chi connectivity index (χ1v) is 11.9. The summed E-state index contributed by atoms with van der Waals surface area (Å²) in [5.74, 6) is -0.561. The molecule has 188 valence electrons. The normalized spacial score (nSPS) is 14.1. The third-order valence-corrected chi connectivity index (χ3v) is 6.33. The van der Waals surface area contributed by atoms with Gasteiger partial charge >= 0.3 is 0 Å². The van der Waals surface area contributed by atoms with Gasteiger partial charge in [0.25, 0.3) is 5.91 Å². The molecule has 10 heteroatoms. The minimum absolute atomic E-state index is 0.0111. The highest BCUT2D eigenvalue weighted by molar-refractivity contribution is 5.95. The predicted molar refractivity (Wildman–Crippen MR) is 135 cm³/mol. The van der Waals surface area contributed by atoms with Crippen molar-refractivity contribution >= 4 is 17.6 Å². The van der Waals surface area contributed by atoms with Crippen LogP contribution in [0.4, 0.5) is 10.2 Å². The highest BCUT2D eigenvalue weighted by atomic mass is 19.1. The largest absolute Gasteiger partial charge is 0.384 e. The number of piperazine rings is 1. The standard InChI is InChI=1S/C26H30FN7O2/c1-4-21-24(18-6-8-22(28)29-14-18)25(31-16-30-21)17-5-7-19(20(27)13-17)26(36)34-11-9-33(10-12-34)15-23(35)32(2)3/h5-8,13-14,16H,4,9-12,15H2,1-3H3,(H2,28,29). The summed E-state index contributed by atoms with van der Waals surface area (Å²) in [6, 6.07) is 8.09. The topological polar surface area (TPSA) is 109 Å². The van der Waals surface area contributed by atoms with Gasteiger partial charge in [0.05, 0.1) is 23.5 Å². The van der Waals surface area contributed by atoms with E-state index in [0.29, 0.717) is 56.2 Å².